The molecule has 0 spiro atoms. The zero-order chi connectivity index (χ0) is 12.2. The number of furan rings is 1. The summed E-state index contributed by atoms with van der Waals surface area (Å²) < 4.78 is 5.13. The molecule has 0 atom stereocenters. The topological polar surface area (TPSA) is 62.5 Å². The number of carbonyl (C=O) groups is 1. The van der Waals surface area contributed by atoms with Crippen LogP contribution in [0.15, 0.2) is 16.5 Å². The van der Waals surface area contributed by atoms with Gasteiger partial charge in [0.25, 0.3) is 0 Å². The summed E-state index contributed by atoms with van der Waals surface area (Å²) in [6.07, 6.45) is 1.10. The van der Waals surface area contributed by atoms with Gasteiger partial charge in [-0.15, -0.1) is 0 Å². The van der Waals surface area contributed by atoms with Crippen molar-refractivity contribution >= 4 is 5.97 Å². The molecule has 90 valence electrons. The second kappa shape index (κ2) is 5.16. The Morgan fingerprint density at radius 1 is 1.50 bits per heavy atom. The number of nitrogens with one attached hydrogen (secondary N) is 1. The Bertz CT molecular complexity index is 355. The maximum absolute atomic E-state index is 10.6. The third-order valence-corrected chi connectivity index (χ3v) is 2.73. The summed E-state index contributed by atoms with van der Waals surface area (Å²) >= 11 is 0. The van der Waals surface area contributed by atoms with Crippen molar-refractivity contribution in [3.8, 4) is 0 Å². The van der Waals surface area contributed by atoms with Gasteiger partial charge < -0.3 is 14.8 Å². The molecule has 0 aromatic carbocycles. The Balaban J connectivity index is 2.40. The summed E-state index contributed by atoms with van der Waals surface area (Å²) in [5.41, 5.74) is 0.252. The molecule has 1 rings (SSSR count). The molecule has 2 N–H and O–H groups in total. The van der Waals surface area contributed by atoms with Crippen LogP contribution in [0.3, 0.4) is 0 Å². The van der Waals surface area contributed by atoms with Crippen molar-refractivity contribution in [2.75, 3.05) is 6.54 Å². The second-order valence-corrected chi connectivity index (χ2v) is 4.69. The van der Waals surface area contributed by atoms with Gasteiger partial charge in [-0.3, -0.25) is 0 Å². The van der Waals surface area contributed by atoms with Crippen molar-refractivity contribution < 1.29 is 14.3 Å². The highest BCUT2D eigenvalue weighted by atomic mass is 16.4. The van der Waals surface area contributed by atoms with E-state index in [-0.39, 0.29) is 11.2 Å². The van der Waals surface area contributed by atoms with E-state index in [1.165, 1.54) is 6.07 Å². The Hall–Kier alpha value is -1.29. The molecule has 0 radical (unpaired) electrons. The van der Waals surface area contributed by atoms with Gasteiger partial charge in [0, 0.05) is 6.54 Å². The third-order valence-electron chi connectivity index (χ3n) is 2.73. The number of rotatable bonds is 6. The van der Waals surface area contributed by atoms with E-state index >= 15 is 0 Å². The van der Waals surface area contributed by atoms with Crippen molar-refractivity contribution in [1.29, 1.82) is 0 Å². The summed E-state index contributed by atoms with van der Waals surface area (Å²) in [4.78, 5) is 10.6. The number of carboxylic acids is 1. The van der Waals surface area contributed by atoms with Gasteiger partial charge in [0.15, 0.2) is 0 Å². The fraction of sp³-hybridized carbons (Fsp3) is 0.583. The quantitative estimate of drug-likeness (QED) is 0.780. The van der Waals surface area contributed by atoms with Gasteiger partial charge in [-0.1, -0.05) is 20.8 Å². The Kier molecular flexibility index (Phi) is 4.12. The van der Waals surface area contributed by atoms with Crippen LogP contribution in [0.2, 0.25) is 0 Å². The van der Waals surface area contributed by atoms with Gasteiger partial charge in [0.05, 0.1) is 6.54 Å². The Labute approximate surface area is 95.7 Å². The van der Waals surface area contributed by atoms with Gasteiger partial charge in [0.2, 0.25) is 5.76 Å². The first-order valence-corrected chi connectivity index (χ1v) is 5.47. The minimum atomic E-state index is -1.03. The van der Waals surface area contributed by atoms with E-state index in [2.05, 4.69) is 26.1 Å². The molecule has 0 bridgehead atoms. The van der Waals surface area contributed by atoms with Crippen molar-refractivity contribution in [2.45, 2.75) is 33.7 Å². The van der Waals surface area contributed by atoms with Crippen LogP contribution in [-0.4, -0.2) is 17.6 Å². The number of hydrogen-bond donors (Lipinski definition) is 2. The van der Waals surface area contributed by atoms with Gasteiger partial charge in [-0.25, -0.2) is 4.79 Å². The molecule has 1 heterocycles. The summed E-state index contributed by atoms with van der Waals surface area (Å²) in [7, 11) is 0. The fourth-order valence-electron chi connectivity index (χ4n) is 1.24. The van der Waals surface area contributed by atoms with Gasteiger partial charge in [0.1, 0.15) is 5.76 Å². The molecule has 0 aliphatic rings. The van der Waals surface area contributed by atoms with E-state index in [0.29, 0.717) is 12.3 Å². The van der Waals surface area contributed by atoms with E-state index in [4.69, 9.17) is 9.52 Å². The van der Waals surface area contributed by atoms with Crippen LogP contribution in [0.25, 0.3) is 0 Å². The van der Waals surface area contributed by atoms with Crippen molar-refractivity contribution in [3.05, 3.63) is 23.7 Å². The second-order valence-electron chi connectivity index (χ2n) is 4.69. The first-order valence-electron chi connectivity index (χ1n) is 5.47. The van der Waals surface area contributed by atoms with Crippen molar-refractivity contribution in [3.63, 3.8) is 0 Å². The molecule has 0 aliphatic carbocycles. The maximum atomic E-state index is 10.6. The Morgan fingerprint density at radius 3 is 2.69 bits per heavy atom. The molecule has 1 aromatic rings. The lowest BCUT2D eigenvalue weighted by Crippen LogP contribution is -2.28. The number of hydrogen-bond acceptors (Lipinski definition) is 3. The lowest BCUT2D eigenvalue weighted by Gasteiger charge is -2.22. The molecular formula is C12H19NO3. The average molecular weight is 225 g/mol. The first kappa shape index (κ1) is 12.8. The van der Waals surface area contributed by atoms with Gasteiger partial charge in [-0.05, 0) is 24.0 Å². The predicted molar refractivity (Wildman–Crippen MR) is 61.4 cm³/mol. The molecule has 4 heteroatoms. The van der Waals surface area contributed by atoms with Crippen LogP contribution in [-0.2, 0) is 6.54 Å². The summed E-state index contributed by atoms with van der Waals surface area (Å²) in [5, 5.41) is 11.9. The van der Waals surface area contributed by atoms with Crippen LogP contribution in [0.5, 0.6) is 0 Å². The summed E-state index contributed by atoms with van der Waals surface area (Å²) in [5.74, 6) is -0.379. The first-order chi connectivity index (χ1) is 7.44. The minimum absolute atomic E-state index is 0.00782. The number of aromatic carboxylic acids is 1. The molecule has 0 aliphatic heterocycles. The van der Waals surface area contributed by atoms with E-state index in [9.17, 15) is 4.79 Å². The lowest BCUT2D eigenvalue weighted by atomic mass is 9.90. The summed E-state index contributed by atoms with van der Waals surface area (Å²) in [6.45, 7) is 7.97. The van der Waals surface area contributed by atoms with E-state index in [1.807, 2.05) is 0 Å². The van der Waals surface area contributed by atoms with Gasteiger partial charge in [-0.2, -0.15) is 0 Å². The molecule has 0 unspecified atom stereocenters. The number of carboxylic acid groups (broad SMARTS) is 1. The Morgan fingerprint density at radius 2 is 2.19 bits per heavy atom. The smallest absolute Gasteiger partial charge is 0.371 e. The minimum Gasteiger partial charge on any atom is -0.475 e. The molecule has 0 saturated carbocycles. The SMILES string of the molecule is CCC(C)(C)CNCc1ccc(C(=O)O)o1. The molecule has 0 fully saturated rings. The third kappa shape index (κ3) is 3.70. The zero-order valence-corrected chi connectivity index (χ0v) is 10.0. The van der Waals surface area contributed by atoms with Crippen LogP contribution in [0.1, 0.15) is 43.5 Å². The predicted octanol–water partition coefficient (Wildman–Crippen LogP) is 2.50. The monoisotopic (exact) mass is 225 g/mol. The highest BCUT2D eigenvalue weighted by Gasteiger charge is 2.14. The average Bonchev–Trinajstić information content (AvgIpc) is 2.66. The summed E-state index contributed by atoms with van der Waals surface area (Å²) in [6, 6.07) is 3.17. The van der Waals surface area contributed by atoms with Crippen LogP contribution < -0.4 is 5.32 Å². The van der Waals surface area contributed by atoms with E-state index in [1.54, 1.807) is 6.07 Å². The largest absolute Gasteiger partial charge is 0.475 e. The highest BCUT2D eigenvalue weighted by Crippen LogP contribution is 2.18. The van der Waals surface area contributed by atoms with Crippen LogP contribution >= 0.6 is 0 Å². The van der Waals surface area contributed by atoms with Gasteiger partial charge >= 0.3 is 5.97 Å². The van der Waals surface area contributed by atoms with Crippen LogP contribution in [0.4, 0.5) is 0 Å². The lowest BCUT2D eigenvalue weighted by molar-refractivity contribution is 0.0660. The molecule has 0 amide bonds. The highest BCUT2D eigenvalue weighted by molar-refractivity contribution is 5.84. The van der Waals surface area contributed by atoms with E-state index in [0.717, 1.165) is 13.0 Å². The van der Waals surface area contributed by atoms with Crippen LogP contribution in [0, 0.1) is 5.41 Å². The molecule has 1 aromatic heterocycles. The molecule has 4 nitrogen and oxygen atoms in total. The van der Waals surface area contributed by atoms with Crippen molar-refractivity contribution in [1.82, 2.24) is 5.32 Å². The van der Waals surface area contributed by atoms with Crippen molar-refractivity contribution in [2.24, 2.45) is 5.41 Å². The normalized spacial score (nSPS) is 11.7. The molecule has 16 heavy (non-hydrogen) atoms. The van der Waals surface area contributed by atoms with E-state index < -0.39 is 5.97 Å². The molecule has 0 saturated heterocycles. The molecular weight excluding hydrogens is 206 g/mol. The zero-order valence-electron chi connectivity index (χ0n) is 10.0. The maximum Gasteiger partial charge on any atom is 0.371 e. The standard InChI is InChI=1S/C12H19NO3/c1-4-12(2,3)8-13-7-9-5-6-10(16-9)11(14)15/h5-6,13H,4,7-8H2,1-3H3,(H,14,15). The fourth-order valence-corrected chi connectivity index (χ4v) is 1.24.